The van der Waals surface area contributed by atoms with Gasteiger partial charge in [-0.2, -0.15) is 5.10 Å². The predicted octanol–water partition coefficient (Wildman–Crippen LogP) is 3.61. The van der Waals surface area contributed by atoms with Crippen LogP contribution in [-0.4, -0.2) is 19.7 Å². The maximum atomic E-state index is 4.41. The molecular weight excluding hydrogens is 298 g/mol. The van der Waals surface area contributed by atoms with Crippen molar-refractivity contribution in [1.29, 1.82) is 0 Å². The van der Waals surface area contributed by atoms with Crippen LogP contribution in [0.25, 0.3) is 21.9 Å². The minimum Gasteiger partial charge on any atom is -0.351 e. The molecule has 0 bridgehead atoms. The molecule has 1 atom stereocenters. The standard InChI is InChI=1S/C19H21N5/c1-12(16-5-4-15-6-7-24(3)18(15)9-16)20-10-14-8-17-13(2)22-23-19(17)21-11-14/h4-9,11-12,20H,10H2,1-3H3,(H,21,22,23). The van der Waals surface area contributed by atoms with Gasteiger partial charge in [-0.05, 0) is 48.6 Å². The van der Waals surface area contributed by atoms with E-state index in [1.807, 2.05) is 13.1 Å². The molecule has 1 unspecified atom stereocenters. The van der Waals surface area contributed by atoms with Gasteiger partial charge in [-0.15, -0.1) is 0 Å². The van der Waals surface area contributed by atoms with Crippen molar-refractivity contribution in [2.45, 2.75) is 26.4 Å². The van der Waals surface area contributed by atoms with E-state index in [9.17, 15) is 0 Å². The van der Waals surface area contributed by atoms with E-state index in [4.69, 9.17) is 0 Å². The molecule has 4 rings (SSSR count). The van der Waals surface area contributed by atoms with Gasteiger partial charge in [-0.25, -0.2) is 4.98 Å². The summed E-state index contributed by atoms with van der Waals surface area (Å²) in [6.07, 6.45) is 3.99. The van der Waals surface area contributed by atoms with E-state index >= 15 is 0 Å². The quantitative estimate of drug-likeness (QED) is 0.604. The molecule has 24 heavy (non-hydrogen) atoms. The second-order valence-electron chi connectivity index (χ2n) is 6.41. The second-order valence-corrected chi connectivity index (χ2v) is 6.41. The first kappa shape index (κ1) is 14.9. The van der Waals surface area contributed by atoms with Crippen LogP contribution < -0.4 is 5.32 Å². The Labute approximate surface area is 140 Å². The third-order valence-electron chi connectivity index (χ3n) is 4.68. The zero-order valence-corrected chi connectivity index (χ0v) is 14.2. The molecule has 0 radical (unpaired) electrons. The molecular formula is C19H21N5. The van der Waals surface area contributed by atoms with E-state index in [0.29, 0.717) is 0 Å². The number of fused-ring (bicyclic) bond motifs is 2. The lowest BCUT2D eigenvalue weighted by molar-refractivity contribution is 0.574. The van der Waals surface area contributed by atoms with Gasteiger partial charge in [-0.3, -0.25) is 5.10 Å². The fourth-order valence-corrected chi connectivity index (χ4v) is 3.10. The van der Waals surface area contributed by atoms with Crippen molar-refractivity contribution in [2.75, 3.05) is 0 Å². The Balaban J connectivity index is 1.52. The fourth-order valence-electron chi connectivity index (χ4n) is 3.10. The monoisotopic (exact) mass is 319 g/mol. The highest BCUT2D eigenvalue weighted by Crippen LogP contribution is 2.21. The maximum absolute atomic E-state index is 4.41. The van der Waals surface area contributed by atoms with Crippen LogP contribution in [0, 0.1) is 6.92 Å². The van der Waals surface area contributed by atoms with Crippen LogP contribution in [0.3, 0.4) is 0 Å². The van der Waals surface area contributed by atoms with Gasteiger partial charge in [0.15, 0.2) is 5.65 Å². The number of aromatic nitrogens is 4. The van der Waals surface area contributed by atoms with Crippen LogP contribution in [0.5, 0.6) is 0 Å². The molecule has 0 amide bonds. The minimum atomic E-state index is 0.269. The number of rotatable bonds is 4. The molecule has 0 aliphatic rings. The summed E-state index contributed by atoms with van der Waals surface area (Å²) in [4.78, 5) is 4.41. The number of benzene rings is 1. The Hall–Kier alpha value is -2.66. The molecule has 4 aromatic rings. The topological polar surface area (TPSA) is 58.5 Å². The number of nitrogens with zero attached hydrogens (tertiary/aromatic N) is 3. The summed E-state index contributed by atoms with van der Waals surface area (Å²) in [5, 5.41) is 13.1. The van der Waals surface area contributed by atoms with Gasteiger partial charge < -0.3 is 9.88 Å². The number of hydrogen-bond acceptors (Lipinski definition) is 3. The molecule has 2 N–H and O–H groups in total. The van der Waals surface area contributed by atoms with E-state index in [0.717, 1.165) is 23.3 Å². The van der Waals surface area contributed by atoms with E-state index in [1.165, 1.54) is 22.0 Å². The molecule has 0 aliphatic heterocycles. The Kier molecular flexibility index (Phi) is 3.58. The first-order valence-corrected chi connectivity index (χ1v) is 8.20. The zero-order chi connectivity index (χ0) is 16.7. The highest BCUT2D eigenvalue weighted by Gasteiger charge is 2.09. The molecule has 5 nitrogen and oxygen atoms in total. The molecule has 3 aromatic heterocycles. The van der Waals surface area contributed by atoms with Crippen LogP contribution in [0.4, 0.5) is 0 Å². The average molecular weight is 319 g/mol. The number of pyridine rings is 1. The van der Waals surface area contributed by atoms with Crippen molar-refractivity contribution in [3.8, 4) is 0 Å². The van der Waals surface area contributed by atoms with Gasteiger partial charge >= 0.3 is 0 Å². The van der Waals surface area contributed by atoms with Crippen molar-refractivity contribution in [2.24, 2.45) is 7.05 Å². The molecule has 3 heterocycles. The van der Waals surface area contributed by atoms with Crippen LogP contribution in [0.1, 0.15) is 29.8 Å². The second kappa shape index (κ2) is 5.76. The summed E-state index contributed by atoms with van der Waals surface area (Å²) in [7, 11) is 2.08. The van der Waals surface area contributed by atoms with Crippen LogP contribution in [0.15, 0.2) is 42.7 Å². The summed E-state index contributed by atoms with van der Waals surface area (Å²) in [5.74, 6) is 0. The lowest BCUT2D eigenvalue weighted by Crippen LogP contribution is -2.18. The summed E-state index contributed by atoms with van der Waals surface area (Å²) in [5.41, 5.74) is 5.55. The third-order valence-corrected chi connectivity index (χ3v) is 4.68. The van der Waals surface area contributed by atoms with Crippen molar-refractivity contribution in [3.63, 3.8) is 0 Å². The van der Waals surface area contributed by atoms with E-state index in [-0.39, 0.29) is 6.04 Å². The molecule has 0 fully saturated rings. The molecule has 0 saturated carbocycles. The lowest BCUT2D eigenvalue weighted by Gasteiger charge is -2.15. The SMILES string of the molecule is Cc1[nH]nc2ncc(CNC(C)c3ccc4ccn(C)c4c3)cc12. The molecule has 1 aromatic carbocycles. The zero-order valence-electron chi connectivity index (χ0n) is 14.2. The van der Waals surface area contributed by atoms with Gasteiger partial charge in [0.2, 0.25) is 0 Å². The summed E-state index contributed by atoms with van der Waals surface area (Å²) >= 11 is 0. The van der Waals surface area contributed by atoms with Gasteiger partial charge in [-0.1, -0.05) is 12.1 Å². The number of hydrogen-bond donors (Lipinski definition) is 2. The highest BCUT2D eigenvalue weighted by molar-refractivity contribution is 5.81. The number of nitrogens with one attached hydrogen (secondary N) is 2. The number of aromatic amines is 1. The van der Waals surface area contributed by atoms with Crippen LogP contribution >= 0.6 is 0 Å². The van der Waals surface area contributed by atoms with E-state index in [1.54, 1.807) is 0 Å². The Morgan fingerprint density at radius 1 is 1.25 bits per heavy atom. The van der Waals surface area contributed by atoms with Crippen molar-refractivity contribution < 1.29 is 0 Å². The van der Waals surface area contributed by atoms with Crippen molar-refractivity contribution in [3.05, 3.63) is 59.5 Å². The van der Waals surface area contributed by atoms with Crippen LogP contribution in [-0.2, 0) is 13.6 Å². The molecule has 5 heteroatoms. The normalized spacial score (nSPS) is 13.0. The third kappa shape index (κ3) is 2.57. The fraction of sp³-hybridized carbons (Fsp3) is 0.263. The molecule has 0 saturated heterocycles. The lowest BCUT2D eigenvalue weighted by atomic mass is 10.1. The number of H-pyrrole nitrogens is 1. The maximum Gasteiger partial charge on any atom is 0.181 e. The Morgan fingerprint density at radius 2 is 2.12 bits per heavy atom. The van der Waals surface area contributed by atoms with Crippen LogP contribution in [0.2, 0.25) is 0 Å². The Bertz CT molecular complexity index is 1010. The van der Waals surface area contributed by atoms with Crippen molar-refractivity contribution in [1.82, 2.24) is 25.1 Å². The first-order valence-electron chi connectivity index (χ1n) is 8.20. The largest absolute Gasteiger partial charge is 0.351 e. The molecule has 0 aliphatic carbocycles. The minimum absolute atomic E-state index is 0.269. The van der Waals surface area contributed by atoms with Gasteiger partial charge in [0.25, 0.3) is 0 Å². The van der Waals surface area contributed by atoms with E-state index in [2.05, 4.69) is 75.6 Å². The summed E-state index contributed by atoms with van der Waals surface area (Å²) in [6, 6.07) is 11.2. The van der Waals surface area contributed by atoms with Gasteiger partial charge in [0.05, 0.1) is 0 Å². The van der Waals surface area contributed by atoms with Gasteiger partial charge in [0, 0.05) is 48.6 Å². The number of aryl methyl sites for hydroxylation is 2. The van der Waals surface area contributed by atoms with E-state index < -0.39 is 0 Å². The smallest absolute Gasteiger partial charge is 0.181 e. The predicted molar refractivity (Wildman–Crippen MR) is 96.8 cm³/mol. The highest BCUT2D eigenvalue weighted by atomic mass is 15.1. The summed E-state index contributed by atoms with van der Waals surface area (Å²) < 4.78 is 2.16. The molecule has 0 spiro atoms. The van der Waals surface area contributed by atoms with Gasteiger partial charge in [0.1, 0.15) is 0 Å². The molecule has 122 valence electrons. The van der Waals surface area contributed by atoms with Crippen molar-refractivity contribution >= 4 is 21.9 Å². The first-order chi connectivity index (χ1) is 11.6. The average Bonchev–Trinajstić information content (AvgIpc) is 3.16. The Morgan fingerprint density at radius 3 is 3.00 bits per heavy atom. The summed E-state index contributed by atoms with van der Waals surface area (Å²) in [6.45, 7) is 4.99.